The molecule has 7 heteroatoms. The topological polar surface area (TPSA) is 98.7 Å². The fourth-order valence-corrected chi connectivity index (χ4v) is 4.82. The molecule has 2 atom stereocenters. The first-order valence-electron chi connectivity index (χ1n) is 10.4. The maximum absolute atomic E-state index is 11.7. The van der Waals surface area contributed by atoms with E-state index in [-0.39, 0.29) is 11.8 Å². The molecule has 4 aromatic rings. The van der Waals surface area contributed by atoms with Crippen LogP contribution in [0.2, 0.25) is 0 Å². The number of nitrogens with two attached hydrogens (primary N) is 1. The van der Waals surface area contributed by atoms with Crippen LogP contribution in [0, 0.1) is 5.92 Å². The van der Waals surface area contributed by atoms with E-state index < -0.39 is 0 Å². The first-order valence-corrected chi connectivity index (χ1v) is 10.4. The van der Waals surface area contributed by atoms with Gasteiger partial charge in [-0.25, -0.2) is 9.97 Å². The molecular weight excluding hydrogens is 388 g/mol. The molecule has 4 heterocycles. The summed E-state index contributed by atoms with van der Waals surface area (Å²) in [7, 11) is 0. The van der Waals surface area contributed by atoms with Crippen LogP contribution < -0.4 is 11.1 Å². The molecule has 0 spiro atoms. The van der Waals surface area contributed by atoms with Crippen molar-refractivity contribution >= 4 is 33.7 Å². The SMILES string of the molecule is C=CC(=O)NCC1CC(C)c2c(-c3cnc4ccccc4c3)c3c(N)ncnc3n2C1. The van der Waals surface area contributed by atoms with Crippen LogP contribution in [0.4, 0.5) is 5.82 Å². The fourth-order valence-electron chi connectivity index (χ4n) is 4.82. The number of fused-ring (bicyclic) bond motifs is 4. The Labute approximate surface area is 180 Å². The van der Waals surface area contributed by atoms with Gasteiger partial charge in [-0.1, -0.05) is 31.7 Å². The Morgan fingerprint density at radius 3 is 3.00 bits per heavy atom. The van der Waals surface area contributed by atoms with E-state index in [2.05, 4.69) is 50.5 Å². The number of carbonyl (C=O) groups excluding carboxylic acids is 1. The molecule has 7 nitrogen and oxygen atoms in total. The Kier molecular flexibility index (Phi) is 4.66. The minimum Gasteiger partial charge on any atom is -0.383 e. The van der Waals surface area contributed by atoms with Gasteiger partial charge in [0.1, 0.15) is 17.8 Å². The highest BCUT2D eigenvalue weighted by Gasteiger charge is 2.32. The molecule has 1 aliphatic heterocycles. The summed E-state index contributed by atoms with van der Waals surface area (Å²) in [6.45, 7) is 7.10. The molecule has 5 rings (SSSR count). The van der Waals surface area contributed by atoms with E-state index in [1.807, 2.05) is 24.4 Å². The van der Waals surface area contributed by atoms with Crippen molar-refractivity contribution in [3.8, 4) is 11.1 Å². The van der Waals surface area contributed by atoms with Gasteiger partial charge in [0, 0.05) is 41.5 Å². The summed E-state index contributed by atoms with van der Waals surface area (Å²) in [4.78, 5) is 25.2. The van der Waals surface area contributed by atoms with Crippen LogP contribution in [0.1, 0.15) is 25.0 Å². The standard InChI is InChI=1S/C24H24N6O/c1-3-19(31)27-10-15-8-14(2)22-20(17-9-16-6-4-5-7-18(16)26-11-17)21-23(25)28-13-29-24(21)30(22)12-15/h3-7,9,11,13-15H,1,8,10,12H2,2H3,(H,27,31)(H2,25,28,29). The van der Waals surface area contributed by atoms with Crippen LogP contribution in [0.5, 0.6) is 0 Å². The smallest absolute Gasteiger partial charge is 0.243 e. The van der Waals surface area contributed by atoms with Crippen molar-refractivity contribution in [1.82, 2.24) is 24.8 Å². The van der Waals surface area contributed by atoms with E-state index in [9.17, 15) is 4.79 Å². The lowest BCUT2D eigenvalue weighted by Gasteiger charge is -2.30. The van der Waals surface area contributed by atoms with Gasteiger partial charge in [0.15, 0.2) is 0 Å². The monoisotopic (exact) mass is 412 g/mol. The zero-order valence-corrected chi connectivity index (χ0v) is 17.4. The number of amides is 1. The lowest BCUT2D eigenvalue weighted by molar-refractivity contribution is -0.116. The summed E-state index contributed by atoms with van der Waals surface area (Å²) in [5.74, 6) is 0.874. The molecule has 1 aliphatic rings. The van der Waals surface area contributed by atoms with E-state index in [4.69, 9.17) is 5.73 Å². The first kappa shape index (κ1) is 19.2. The number of hydrogen-bond donors (Lipinski definition) is 2. The van der Waals surface area contributed by atoms with Crippen molar-refractivity contribution in [2.75, 3.05) is 12.3 Å². The third-order valence-corrected chi connectivity index (χ3v) is 6.13. The minimum absolute atomic E-state index is 0.148. The third kappa shape index (κ3) is 3.22. The van der Waals surface area contributed by atoms with Crippen LogP contribution in [-0.4, -0.2) is 32.0 Å². The van der Waals surface area contributed by atoms with E-state index in [0.29, 0.717) is 18.3 Å². The van der Waals surface area contributed by atoms with Gasteiger partial charge in [0.05, 0.1) is 10.9 Å². The van der Waals surface area contributed by atoms with Gasteiger partial charge in [-0.3, -0.25) is 9.78 Å². The molecule has 0 bridgehead atoms. The quantitative estimate of drug-likeness (QED) is 0.499. The maximum atomic E-state index is 11.7. The number of nitrogens with zero attached hydrogens (tertiary/aromatic N) is 4. The van der Waals surface area contributed by atoms with Gasteiger partial charge < -0.3 is 15.6 Å². The number of para-hydroxylation sites is 1. The van der Waals surface area contributed by atoms with Crippen LogP contribution >= 0.6 is 0 Å². The summed E-state index contributed by atoms with van der Waals surface area (Å²) < 4.78 is 2.25. The van der Waals surface area contributed by atoms with Gasteiger partial charge in [-0.15, -0.1) is 0 Å². The van der Waals surface area contributed by atoms with Crippen LogP contribution in [-0.2, 0) is 11.3 Å². The zero-order valence-electron chi connectivity index (χ0n) is 17.4. The van der Waals surface area contributed by atoms with Crippen LogP contribution in [0.3, 0.4) is 0 Å². The molecular formula is C24H24N6O. The number of nitrogens with one attached hydrogen (secondary N) is 1. The molecule has 0 radical (unpaired) electrons. The normalized spacial score (nSPS) is 18.1. The number of carbonyl (C=O) groups is 1. The predicted molar refractivity (Wildman–Crippen MR) is 122 cm³/mol. The molecule has 2 unspecified atom stereocenters. The molecule has 1 amide bonds. The number of hydrogen-bond acceptors (Lipinski definition) is 5. The summed E-state index contributed by atoms with van der Waals surface area (Å²) in [5, 5.41) is 4.89. The molecule has 0 fully saturated rings. The molecule has 0 saturated carbocycles. The number of aromatic nitrogens is 4. The van der Waals surface area contributed by atoms with Gasteiger partial charge in [0.25, 0.3) is 0 Å². The van der Waals surface area contributed by atoms with Gasteiger partial charge >= 0.3 is 0 Å². The Morgan fingerprint density at radius 1 is 1.32 bits per heavy atom. The number of anilines is 1. The number of pyridine rings is 1. The molecule has 1 aromatic carbocycles. The number of nitrogen functional groups attached to an aromatic ring is 1. The predicted octanol–water partition coefficient (Wildman–Crippen LogP) is 3.65. The first-order chi connectivity index (χ1) is 15.1. The van der Waals surface area contributed by atoms with Crippen LogP contribution in [0.15, 0.2) is 55.5 Å². The summed E-state index contributed by atoms with van der Waals surface area (Å²) in [6, 6.07) is 10.2. The van der Waals surface area contributed by atoms with Gasteiger partial charge in [0.2, 0.25) is 5.91 Å². The van der Waals surface area contributed by atoms with Crippen molar-refractivity contribution in [2.24, 2.45) is 5.92 Å². The number of benzene rings is 1. The average Bonchev–Trinajstić information content (AvgIpc) is 3.13. The highest BCUT2D eigenvalue weighted by atomic mass is 16.1. The van der Waals surface area contributed by atoms with E-state index in [1.54, 1.807) is 0 Å². The zero-order chi connectivity index (χ0) is 21.5. The molecule has 156 valence electrons. The van der Waals surface area contributed by atoms with Crippen LogP contribution in [0.25, 0.3) is 33.1 Å². The Morgan fingerprint density at radius 2 is 2.16 bits per heavy atom. The average molecular weight is 412 g/mol. The van der Waals surface area contributed by atoms with Crippen molar-refractivity contribution in [2.45, 2.75) is 25.8 Å². The molecule has 0 aliphatic carbocycles. The maximum Gasteiger partial charge on any atom is 0.243 e. The third-order valence-electron chi connectivity index (χ3n) is 6.13. The lowest BCUT2D eigenvalue weighted by Crippen LogP contribution is -2.33. The van der Waals surface area contributed by atoms with Crippen molar-refractivity contribution in [3.05, 3.63) is 61.2 Å². The van der Waals surface area contributed by atoms with E-state index >= 15 is 0 Å². The second kappa shape index (κ2) is 7.50. The minimum atomic E-state index is -0.148. The van der Waals surface area contributed by atoms with Crippen molar-refractivity contribution in [1.29, 1.82) is 0 Å². The molecule has 31 heavy (non-hydrogen) atoms. The summed E-state index contributed by atoms with van der Waals surface area (Å²) in [6.07, 6.45) is 5.69. The Balaban J connectivity index is 1.67. The van der Waals surface area contributed by atoms with Gasteiger partial charge in [-0.05, 0) is 36.5 Å². The second-order valence-electron chi connectivity index (χ2n) is 8.20. The molecule has 0 saturated heterocycles. The molecule has 3 aromatic heterocycles. The highest BCUT2D eigenvalue weighted by molar-refractivity contribution is 6.03. The summed E-state index contributed by atoms with van der Waals surface area (Å²) >= 11 is 0. The largest absolute Gasteiger partial charge is 0.383 e. The lowest BCUT2D eigenvalue weighted by atomic mass is 9.86. The highest BCUT2D eigenvalue weighted by Crippen LogP contribution is 2.44. The molecule has 3 N–H and O–H groups in total. The number of rotatable bonds is 4. The summed E-state index contributed by atoms with van der Waals surface area (Å²) in [5.41, 5.74) is 11.4. The van der Waals surface area contributed by atoms with E-state index in [0.717, 1.165) is 46.0 Å². The second-order valence-corrected chi connectivity index (χ2v) is 8.20. The Hall–Kier alpha value is -3.74. The van der Waals surface area contributed by atoms with Crippen molar-refractivity contribution in [3.63, 3.8) is 0 Å². The Bertz CT molecular complexity index is 1320. The van der Waals surface area contributed by atoms with Gasteiger partial charge in [-0.2, -0.15) is 0 Å². The van der Waals surface area contributed by atoms with E-state index in [1.165, 1.54) is 18.1 Å². The van der Waals surface area contributed by atoms with Crippen molar-refractivity contribution < 1.29 is 4.79 Å². The fraction of sp³-hybridized carbons (Fsp3) is 0.250.